The van der Waals surface area contributed by atoms with E-state index in [0.717, 1.165) is 12.1 Å². The molecule has 0 bridgehead atoms. The van der Waals surface area contributed by atoms with E-state index in [1.165, 1.54) is 17.0 Å². The van der Waals surface area contributed by atoms with Crippen LogP contribution in [0.4, 0.5) is 13.2 Å². The van der Waals surface area contributed by atoms with E-state index in [0.29, 0.717) is 32.5 Å². The molecule has 0 aromatic heterocycles. The number of hydrogen-bond donors (Lipinski definition) is 1. The number of carbonyl (C=O) groups is 2. The number of carbonyl (C=O) groups excluding carboxylic acids is 2. The quantitative estimate of drug-likeness (QED) is 0.838. The average Bonchev–Trinajstić information content (AvgIpc) is 3.02. The number of ether oxygens (including phenoxy) is 1. The Kier molecular flexibility index (Phi) is 5.95. The summed E-state index contributed by atoms with van der Waals surface area (Å²) in [5, 5.41) is 2.83. The SMILES string of the molecule is CN(C)C(=O)C[C@H]1CN2C[C@@H](NC(=O)c3cccc(C(F)(F)F)c3)C[C@H]2CO1. The van der Waals surface area contributed by atoms with Crippen molar-refractivity contribution >= 4 is 11.8 Å². The first-order valence-electron chi connectivity index (χ1n) is 9.17. The monoisotopic (exact) mass is 399 g/mol. The van der Waals surface area contributed by atoms with E-state index in [1.54, 1.807) is 14.1 Å². The maximum Gasteiger partial charge on any atom is 0.416 e. The van der Waals surface area contributed by atoms with Gasteiger partial charge in [0.15, 0.2) is 0 Å². The van der Waals surface area contributed by atoms with Crippen LogP contribution in [0.2, 0.25) is 0 Å². The van der Waals surface area contributed by atoms with Gasteiger partial charge in [-0.3, -0.25) is 14.5 Å². The second-order valence-corrected chi connectivity index (χ2v) is 7.54. The van der Waals surface area contributed by atoms with Gasteiger partial charge in [0, 0.05) is 44.8 Å². The van der Waals surface area contributed by atoms with Crippen LogP contribution in [0.3, 0.4) is 0 Å². The molecule has 28 heavy (non-hydrogen) atoms. The predicted octanol–water partition coefficient (Wildman–Crippen LogP) is 1.76. The number of morpholine rings is 1. The zero-order valence-electron chi connectivity index (χ0n) is 15.8. The smallest absolute Gasteiger partial charge is 0.375 e. The third-order valence-electron chi connectivity index (χ3n) is 5.18. The van der Waals surface area contributed by atoms with Crippen molar-refractivity contribution < 1.29 is 27.5 Å². The highest BCUT2D eigenvalue weighted by Gasteiger charge is 2.38. The molecule has 3 rings (SSSR count). The lowest BCUT2D eigenvalue weighted by Crippen LogP contribution is -2.47. The van der Waals surface area contributed by atoms with Gasteiger partial charge in [-0.25, -0.2) is 0 Å². The van der Waals surface area contributed by atoms with Crippen molar-refractivity contribution in [2.45, 2.75) is 37.2 Å². The normalized spacial score (nSPS) is 25.2. The molecular formula is C19H24F3N3O3. The molecule has 2 amide bonds. The lowest BCUT2D eigenvalue weighted by Gasteiger charge is -2.35. The Morgan fingerprint density at radius 1 is 1.29 bits per heavy atom. The van der Waals surface area contributed by atoms with E-state index >= 15 is 0 Å². The maximum absolute atomic E-state index is 12.8. The van der Waals surface area contributed by atoms with Gasteiger partial charge in [0.1, 0.15) is 0 Å². The lowest BCUT2D eigenvalue weighted by molar-refractivity contribution is -0.137. The summed E-state index contributed by atoms with van der Waals surface area (Å²) < 4.78 is 44.3. The average molecular weight is 399 g/mol. The number of hydrogen-bond acceptors (Lipinski definition) is 4. The van der Waals surface area contributed by atoms with Gasteiger partial charge >= 0.3 is 6.18 Å². The third-order valence-corrected chi connectivity index (χ3v) is 5.18. The molecule has 0 radical (unpaired) electrons. The van der Waals surface area contributed by atoms with E-state index in [1.807, 2.05) is 0 Å². The molecular weight excluding hydrogens is 375 g/mol. The molecule has 0 aliphatic carbocycles. The van der Waals surface area contributed by atoms with Crippen molar-refractivity contribution in [3.8, 4) is 0 Å². The number of rotatable bonds is 4. The number of alkyl halides is 3. The van der Waals surface area contributed by atoms with Gasteiger partial charge in [-0.1, -0.05) is 6.07 Å². The topological polar surface area (TPSA) is 61.9 Å². The Bertz CT molecular complexity index is 739. The summed E-state index contributed by atoms with van der Waals surface area (Å²) >= 11 is 0. The summed E-state index contributed by atoms with van der Waals surface area (Å²) in [6.07, 6.45) is -3.71. The largest absolute Gasteiger partial charge is 0.416 e. The first-order valence-corrected chi connectivity index (χ1v) is 9.17. The van der Waals surface area contributed by atoms with Crippen LogP contribution in [-0.2, 0) is 15.7 Å². The van der Waals surface area contributed by atoms with Crippen molar-refractivity contribution in [3.05, 3.63) is 35.4 Å². The van der Waals surface area contributed by atoms with Crippen LogP contribution in [0.25, 0.3) is 0 Å². The fourth-order valence-corrected chi connectivity index (χ4v) is 3.65. The van der Waals surface area contributed by atoms with Gasteiger partial charge in [-0.05, 0) is 24.6 Å². The number of halogens is 3. The highest BCUT2D eigenvalue weighted by molar-refractivity contribution is 5.94. The molecule has 1 aromatic rings. The van der Waals surface area contributed by atoms with Gasteiger partial charge in [0.2, 0.25) is 5.91 Å². The lowest BCUT2D eigenvalue weighted by atomic mass is 10.1. The van der Waals surface area contributed by atoms with Gasteiger partial charge in [-0.15, -0.1) is 0 Å². The Morgan fingerprint density at radius 2 is 2.04 bits per heavy atom. The predicted molar refractivity (Wildman–Crippen MR) is 95.7 cm³/mol. The molecule has 2 heterocycles. The van der Waals surface area contributed by atoms with Crippen molar-refractivity contribution in [1.82, 2.24) is 15.1 Å². The third kappa shape index (κ3) is 4.82. The number of nitrogens with one attached hydrogen (secondary N) is 1. The standard InChI is InChI=1S/C19H24F3N3O3/c1-24(2)17(26)8-16-10-25-9-14(7-15(25)11-28-16)23-18(27)12-4-3-5-13(6-12)19(20,21)22/h3-6,14-16H,7-11H2,1-2H3,(H,23,27)/t14-,15-,16-/m0/s1. The molecule has 0 spiro atoms. The molecule has 0 saturated carbocycles. The van der Waals surface area contributed by atoms with Crippen LogP contribution in [-0.4, -0.2) is 73.6 Å². The molecule has 2 saturated heterocycles. The minimum absolute atomic E-state index is 0.00274. The van der Waals surface area contributed by atoms with E-state index in [2.05, 4.69) is 10.2 Å². The number of benzene rings is 1. The van der Waals surface area contributed by atoms with Crippen molar-refractivity contribution in [1.29, 1.82) is 0 Å². The van der Waals surface area contributed by atoms with Crippen LogP contribution in [0.15, 0.2) is 24.3 Å². The van der Waals surface area contributed by atoms with Gasteiger partial charge in [0.25, 0.3) is 5.91 Å². The van der Waals surface area contributed by atoms with E-state index < -0.39 is 17.6 Å². The Balaban J connectivity index is 1.56. The van der Waals surface area contributed by atoms with E-state index in [-0.39, 0.29) is 29.7 Å². The van der Waals surface area contributed by atoms with Crippen molar-refractivity contribution in [2.75, 3.05) is 33.8 Å². The minimum Gasteiger partial charge on any atom is -0.375 e. The Morgan fingerprint density at radius 3 is 2.71 bits per heavy atom. The Labute approximate surface area is 161 Å². The number of amides is 2. The molecule has 2 aliphatic heterocycles. The zero-order chi connectivity index (χ0) is 20.5. The fraction of sp³-hybridized carbons (Fsp3) is 0.579. The molecule has 6 nitrogen and oxygen atoms in total. The Hall–Kier alpha value is -2.13. The molecule has 154 valence electrons. The van der Waals surface area contributed by atoms with Crippen LogP contribution in [0, 0.1) is 0 Å². The number of nitrogens with zero attached hydrogens (tertiary/aromatic N) is 2. The second kappa shape index (κ2) is 8.08. The second-order valence-electron chi connectivity index (χ2n) is 7.54. The van der Waals surface area contributed by atoms with Crippen molar-refractivity contribution in [3.63, 3.8) is 0 Å². The van der Waals surface area contributed by atoms with Gasteiger partial charge in [0.05, 0.1) is 24.7 Å². The van der Waals surface area contributed by atoms with Crippen LogP contribution in [0.5, 0.6) is 0 Å². The first-order chi connectivity index (χ1) is 13.1. The summed E-state index contributed by atoms with van der Waals surface area (Å²) in [5.41, 5.74) is -0.851. The molecule has 1 aromatic carbocycles. The zero-order valence-corrected chi connectivity index (χ0v) is 15.8. The van der Waals surface area contributed by atoms with Crippen LogP contribution >= 0.6 is 0 Å². The summed E-state index contributed by atoms with van der Waals surface area (Å²) in [5.74, 6) is -0.520. The summed E-state index contributed by atoms with van der Waals surface area (Å²) in [4.78, 5) is 28.0. The molecule has 3 atom stereocenters. The summed E-state index contributed by atoms with van der Waals surface area (Å²) in [7, 11) is 3.40. The summed E-state index contributed by atoms with van der Waals surface area (Å²) in [6.45, 7) is 1.66. The van der Waals surface area contributed by atoms with Crippen LogP contribution < -0.4 is 5.32 Å². The molecule has 9 heteroatoms. The molecule has 0 unspecified atom stereocenters. The van der Waals surface area contributed by atoms with Crippen LogP contribution in [0.1, 0.15) is 28.8 Å². The highest BCUT2D eigenvalue weighted by Crippen LogP contribution is 2.30. The molecule has 2 aliphatic rings. The minimum atomic E-state index is -4.49. The van der Waals surface area contributed by atoms with E-state index in [4.69, 9.17) is 4.74 Å². The number of fused-ring (bicyclic) bond motifs is 1. The first kappa shape index (κ1) is 20.6. The molecule has 1 N–H and O–H groups in total. The molecule has 2 fully saturated rings. The maximum atomic E-state index is 12.8. The summed E-state index contributed by atoms with van der Waals surface area (Å²) in [6, 6.07) is 4.38. The van der Waals surface area contributed by atoms with E-state index in [9.17, 15) is 22.8 Å². The van der Waals surface area contributed by atoms with Crippen molar-refractivity contribution in [2.24, 2.45) is 0 Å². The van der Waals surface area contributed by atoms with Gasteiger partial charge < -0.3 is 15.0 Å². The van der Waals surface area contributed by atoms with Gasteiger partial charge in [-0.2, -0.15) is 13.2 Å². The fourth-order valence-electron chi connectivity index (χ4n) is 3.65. The highest BCUT2D eigenvalue weighted by atomic mass is 19.4.